The molecule has 2 unspecified atom stereocenters. The summed E-state index contributed by atoms with van der Waals surface area (Å²) in [6.45, 7) is 10.5. The molecule has 0 spiro atoms. The summed E-state index contributed by atoms with van der Waals surface area (Å²) in [4.78, 5) is 30.3. The van der Waals surface area contributed by atoms with Crippen LogP contribution in [-0.2, 0) is 25.2 Å². The van der Waals surface area contributed by atoms with Gasteiger partial charge in [-0.25, -0.2) is 9.74 Å². The fourth-order valence-electron chi connectivity index (χ4n) is 5.36. The first-order valence-corrected chi connectivity index (χ1v) is 9.82. The molecule has 158 valence electrons. The number of hydrogen-bond donors (Lipinski definition) is 0. The molecule has 9 heteroatoms. The smallest absolute Gasteiger partial charge is 0.372 e. The van der Waals surface area contributed by atoms with Gasteiger partial charge in [0.05, 0.1) is 41.8 Å². The SMILES string of the molecule is [C-]#[N+]c1ccc(N2C(=O)[C@@H]3[C@H](C2=O)C2(C)C[C@H](OC4CC4)C3(C)O2)cc1C(F)(F)F. The van der Waals surface area contributed by atoms with Gasteiger partial charge in [0.2, 0.25) is 11.8 Å². The van der Waals surface area contributed by atoms with Crippen LogP contribution in [0.4, 0.5) is 24.5 Å². The van der Waals surface area contributed by atoms with Crippen LogP contribution in [0.15, 0.2) is 18.2 Å². The number of benzene rings is 1. The van der Waals surface area contributed by atoms with E-state index in [9.17, 15) is 22.8 Å². The van der Waals surface area contributed by atoms with Crippen LogP contribution in [0, 0.1) is 18.4 Å². The first-order valence-electron chi connectivity index (χ1n) is 9.82. The lowest BCUT2D eigenvalue weighted by Gasteiger charge is -2.35. The minimum absolute atomic E-state index is 0.135. The highest BCUT2D eigenvalue weighted by Gasteiger charge is 2.76. The summed E-state index contributed by atoms with van der Waals surface area (Å²) in [5, 5.41) is 0. The summed E-state index contributed by atoms with van der Waals surface area (Å²) >= 11 is 0. The van der Waals surface area contributed by atoms with Crippen molar-refractivity contribution in [2.75, 3.05) is 4.90 Å². The molecule has 1 saturated carbocycles. The maximum Gasteiger partial charge on any atom is 0.407 e. The maximum atomic E-state index is 13.4. The van der Waals surface area contributed by atoms with Crippen molar-refractivity contribution >= 4 is 23.2 Å². The van der Waals surface area contributed by atoms with Crippen molar-refractivity contribution in [1.82, 2.24) is 0 Å². The lowest BCUT2D eigenvalue weighted by atomic mass is 9.67. The van der Waals surface area contributed by atoms with Gasteiger partial charge >= 0.3 is 6.18 Å². The molecule has 2 bridgehead atoms. The lowest BCUT2D eigenvalue weighted by molar-refractivity contribution is -0.138. The van der Waals surface area contributed by atoms with E-state index in [1.807, 2.05) is 0 Å². The summed E-state index contributed by atoms with van der Waals surface area (Å²) in [6, 6.07) is 2.91. The average molecular weight is 420 g/mol. The van der Waals surface area contributed by atoms with Crippen molar-refractivity contribution in [2.24, 2.45) is 11.8 Å². The van der Waals surface area contributed by atoms with Crippen LogP contribution >= 0.6 is 0 Å². The summed E-state index contributed by atoms with van der Waals surface area (Å²) in [5.74, 6) is -2.74. The van der Waals surface area contributed by atoms with Gasteiger partial charge in [-0.3, -0.25) is 9.59 Å². The molecule has 3 saturated heterocycles. The van der Waals surface area contributed by atoms with E-state index in [-0.39, 0.29) is 17.9 Å². The Balaban J connectivity index is 1.54. The van der Waals surface area contributed by atoms with E-state index >= 15 is 0 Å². The number of imide groups is 1. The molecular formula is C21H19F3N2O4. The van der Waals surface area contributed by atoms with E-state index in [2.05, 4.69) is 4.85 Å². The molecule has 2 amide bonds. The van der Waals surface area contributed by atoms with Gasteiger partial charge in [0.1, 0.15) is 5.60 Å². The zero-order valence-corrected chi connectivity index (χ0v) is 16.3. The number of ether oxygens (including phenoxy) is 2. The van der Waals surface area contributed by atoms with Crippen molar-refractivity contribution in [1.29, 1.82) is 0 Å². The Morgan fingerprint density at radius 3 is 2.47 bits per heavy atom. The van der Waals surface area contributed by atoms with Crippen molar-refractivity contribution < 1.29 is 32.2 Å². The number of carbonyl (C=O) groups is 2. The molecule has 3 aliphatic heterocycles. The second-order valence-electron chi connectivity index (χ2n) is 8.91. The normalized spacial score (nSPS) is 37.6. The fraction of sp³-hybridized carbons (Fsp3) is 0.571. The van der Waals surface area contributed by atoms with Gasteiger partial charge < -0.3 is 9.47 Å². The zero-order valence-electron chi connectivity index (χ0n) is 16.3. The van der Waals surface area contributed by atoms with Crippen LogP contribution < -0.4 is 4.90 Å². The number of fused-ring (bicyclic) bond motifs is 5. The molecule has 1 aliphatic carbocycles. The van der Waals surface area contributed by atoms with Crippen molar-refractivity contribution in [2.45, 2.75) is 62.7 Å². The molecule has 0 radical (unpaired) electrons. The van der Waals surface area contributed by atoms with Gasteiger partial charge in [-0.05, 0) is 38.8 Å². The Bertz CT molecular complexity index is 1010. The minimum Gasteiger partial charge on any atom is -0.372 e. The first-order chi connectivity index (χ1) is 14.0. The number of hydrogen-bond acceptors (Lipinski definition) is 4. The lowest BCUT2D eigenvalue weighted by Crippen LogP contribution is -2.50. The summed E-state index contributed by atoms with van der Waals surface area (Å²) in [5.41, 5.74) is -3.84. The van der Waals surface area contributed by atoms with E-state index < -0.39 is 52.3 Å². The van der Waals surface area contributed by atoms with E-state index in [0.717, 1.165) is 23.8 Å². The van der Waals surface area contributed by atoms with Gasteiger partial charge in [0.15, 0.2) is 5.69 Å². The van der Waals surface area contributed by atoms with Gasteiger partial charge in [0, 0.05) is 12.1 Å². The second kappa shape index (κ2) is 5.83. The van der Waals surface area contributed by atoms with Gasteiger partial charge in [0.25, 0.3) is 0 Å². The molecular weight excluding hydrogens is 401 g/mol. The minimum atomic E-state index is -4.78. The Kier molecular flexibility index (Phi) is 3.79. The van der Waals surface area contributed by atoms with E-state index in [1.54, 1.807) is 13.8 Å². The average Bonchev–Trinajstić information content (AvgIpc) is 3.31. The second-order valence-corrected chi connectivity index (χ2v) is 8.91. The van der Waals surface area contributed by atoms with E-state index in [0.29, 0.717) is 12.5 Å². The molecule has 4 aliphatic rings. The maximum absolute atomic E-state index is 13.4. The monoisotopic (exact) mass is 420 g/mol. The van der Waals surface area contributed by atoms with Gasteiger partial charge in [-0.15, -0.1) is 0 Å². The molecule has 4 fully saturated rings. The van der Waals surface area contributed by atoms with Crippen LogP contribution in [0.25, 0.3) is 4.85 Å². The van der Waals surface area contributed by atoms with Crippen molar-refractivity contribution in [3.8, 4) is 0 Å². The number of alkyl halides is 3. The van der Waals surface area contributed by atoms with Crippen LogP contribution in [0.1, 0.15) is 38.7 Å². The molecule has 5 atom stereocenters. The number of amides is 2. The van der Waals surface area contributed by atoms with E-state index in [4.69, 9.17) is 16.0 Å². The van der Waals surface area contributed by atoms with Crippen molar-refractivity contribution in [3.63, 3.8) is 0 Å². The van der Waals surface area contributed by atoms with Crippen molar-refractivity contribution in [3.05, 3.63) is 35.2 Å². The Labute approximate surface area is 170 Å². The standard InChI is InChI=1S/C21H19F3N2O4/c1-19-9-14(29-11-5-6-11)20(2,30-19)16-15(19)17(27)26(18(16)28)10-4-7-13(25-3)12(8-10)21(22,23)24/h4,7-8,11,14-16H,5-6,9H2,1-2H3/t14-,15+,16-,19?,20?/m0/s1. The molecule has 5 rings (SSSR count). The number of nitrogens with zero attached hydrogens (tertiary/aromatic N) is 2. The molecule has 6 nitrogen and oxygen atoms in total. The topological polar surface area (TPSA) is 60.2 Å². The summed E-state index contributed by atoms with van der Waals surface area (Å²) < 4.78 is 52.4. The van der Waals surface area contributed by atoms with Crippen LogP contribution in [0.5, 0.6) is 0 Å². The molecule has 30 heavy (non-hydrogen) atoms. The molecule has 1 aromatic carbocycles. The largest absolute Gasteiger partial charge is 0.407 e. The third-order valence-electron chi connectivity index (χ3n) is 6.81. The Morgan fingerprint density at radius 2 is 1.87 bits per heavy atom. The summed E-state index contributed by atoms with van der Waals surface area (Å²) in [6.07, 6.45) is -2.63. The molecule has 3 heterocycles. The quantitative estimate of drug-likeness (QED) is 0.551. The molecule has 1 aromatic rings. The highest BCUT2D eigenvalue weighted by atomic mass is 19.4. The highest BCUT2D eigenvalue weighted by Crippen LogP contribution is 2.62. The first kappa shape index (κ1) is 19.5. The summed E-state index contributed by atoms with van der Waals surface area (Å²) in [7, 11) is 0. The number of rotatable bonds is 3. The van der Waals surface area contributed by atoms with Crippen LogP contribution in [-0.4, -0.2) is 35.2 Å². The molecule has 0 N–H and O–H groups in total. The third kappa shape index (κ3) is 2.50. The third-order valence-corrected chi connectivity index (χ3v) is 6.81. The number of anilines is 1. The number of halogens is 3. The Hall–Kier alpha value is -2.44. The van der Waals surface area contributed by atoms with Crippen LogP contribution in [0.3, 0.4) is 0 Å². The number of carbonyl (C=O) groups excluding carboxylic acids is 2. The highest BCUT2D eigenvalue weighted by molar-refractivity contribution is 6.23. The van der Waals surface area contributed by atoms with E-state index in [1.165, 1.54) is 6.07 Å². The van der Waals surface area contributed by atoms with Gasteiger partial charge in [-0.1, -0.05) is 6.07 Å². The van der Waals surface area contributed by atoms with Gasteiger partial charge in [-0.2, -0.15) is 13.2 Å². The van der Waals surface area contributed by atoms with Crippen LogP contribution in [0.2, 0.25) is 0 Å². The zero-order chi connectivity index (χ0) is 21.6. The Morgan fingerprint density at radius 1 is 1.20 bits per heavy atom. The predicted molar refractivity (Wildman–Crippen MR) is 97.6 cm³/mol. The fourth-order valence-corrected chi connectivity index (χ4v) is 5.36. The predicted octanol–water partition coefficient (Wildman–Crippen LogP) is 3.86. The molecule has 0 aromatic heterocycles.